The van der Waals surface area contributed by atoms with Gasteiger partial charge in [-0.2, -0.15) is 0 Å². The van der Waals surface area contributed by atoms with Crippen LogP contribution in [0.1, 0.15) is 47.5 Å². The van der Waals surface area contributed by atoms with Gasteiger partial charge in [-0.3, -0.25) is 4.79 Å². The molecule has 1 amide bonds. The van der Waals surface area contributed by atoms with Crippen molar-refractivity contribution in [2.45, 2.75) is 47.5 Å². The molecule has 0 radical (unpaired) electrons. The third kappa shape index (κ3) is 3.79. The van der Waals surface area contributed by atoms with Gasteiger partial charge >= 0.3 is 0 Å². The van der Waals surface area contributed by atoms with Crippen molar-refractivity contribution in [3.63, 3.8) is 0 Å². The van der Waals surface area contributed by atoms with E-state index >= 15 is 0 Å². The molecule has 1 unspecified atom stereocenters. The number of primary amides is 1. The third-order valence-electron chi connectivity index (χ3n) is 2.91. The second kappa shape index (κ2) is 4.64. The van der Waals surface area contributed by atoms with Gasteiger partial charge in [-0.25, -0.2) is 0 Å². The summed E-state index contributed by atoms with van der Waals surface area (Å²) in [6.45, 7) is 10.6. The fraction of sp³-hybridized carbons (Fsp3) is 0.909. The van der Waals surface area contributed by atoms with Gasteiger partial charge in [0.15, 0.2) is 0 Å². The highest BCUT2D eigenvalue weighted by Gasteiger charge is 2.32. The van der Waals surface area contributed by atoms with Crippen LogP contribution < -0.4 is 5.73 Å². The first kappa shape index (κ1) is 12.5. The maximum absolute atomic E-state index is 11.3. The average Bonchev–Trinajstić information content (AvgIpc) is 1.99. The van der Waals surface area contributed by atoms with Gasteiger partial charge in [0.05, 0.1) is 0 Å². The molecule has 0 aliphatic heterocycles. The lowest BCUT2D eigenvalue weighted by atomic mass is 9.73. The first-order chi connectivity index (χ1) is 5.81. The molecule has 0 aliphatic rings. The van der Waals surface area contributed by atoms with Crippen molar-refractivity contribution >= 4 is 5.91 Å². The number of amides is 1. The third-order valence-corrected chi connectivity index (χ3v) is 2.91. The van der Waals surface area contributed by atoms with Crippen molar-refractivity contribution in [2.24, 2.45) is 23.0 Å². The molecule has 0 spiro atoms. The summed E-state index contributed by atoms with van der Waals surface area (Å²) < 4.78 is 0. The molecule has 2 heteroatoms. The number of hydrogen-bond acceptors (Lipinski definition) is 1. The molecular weight excluding hydrogens is 162 g/mol. The van der Waals surface area contributed by atoms with Crippen LogP contribution in [0.2, 0.25) is 0 Å². The molecule has 0 aromatic carbocycles. The van der Waals surface area contributed by atoms with E-state index in [1.807, 2.05) is 0 Å². The molecule has 0 bridgehead atoms. The van der Waals surface area contributed by atoms with Crippen LogP contribution in [0, 0.1) is 17.3 Å². The van der Waals surface area contributed by atoms with E-state index in [0.717, 1.165) is 12.8 Å². The van der Waals surface area contributed by atoms with Gasteiger partial charge in [-0.05, 0) is 17.8 Å². The first-order valence-electron chi connectivity index (χ1n) is 5.10. The van der Waals surface area contributed by atoms with Crippen LogP contribution in [0.3, 0.4) is 0 Å². The normalized spacial score (nSPS) is 14.6. The largest absolute Gasteiger partial charge is 0.369 e. The van der Waals surface area contributed by atoms with E-state index in [4.69, 9.17) is 5.73 Å². The minimum Gasteiger partial charge on any atom is -0.369 e. The Morgan fingerprint density at radius 1 is 1.38 bits per heavy atom. The SMILES string of the molecule is CCC(C)(C)C(CC(C)C)C(N)=O. The minimum atomic E-state index is -0.152. The molecule has 78 valence electrons. The van der Waals surface area contributed by atoms with Crippen LogP contribution in [0.25, 0.3) is 0 Å². The molecule has 0 aromatic heterocycles. The Morgan fingerprint density at radius 2 is 1.85 bits per heavy atom. The number of carbonyl (C=O) groups excluding carboxylic acids is 1. The second-order valence-corrected chi connectivity index (χ2v) is 4.93. The summed E-state index contributed by atoms with van der Waals surface area (Å²) in [5, 5.41) is 0. The molecule has 0 fully saturated rings. The van der Waals surface area contributed by atoms with E-state index in [9.17, 15) is 4.79 Å². The number of carbonyl (C=O) groups is 1. The number of rotatable bonds is 5. The number of hydrogen-bond donors (Lipinski definition) is 1. The van der Waals surface area contributed by atoms with Crippen molar-refractivity contribution < 1.29 is 4.79 Å². The number of nitrogens with two attached hydrogens (primary N) is 1. The van der Waals surface area contributed by atoms with Crippen molar-refractivity contribution in [2.75, 3.05) is 0 Å². The lowest BCUT2D eigenvalue weighted by molar-refractivity contribution is -0.126. The van der Waals surface area contributed by atoms with E-state index in [-0.39, 0.29) is 17.2 Å². The van der Waals surface area contributed by atoms with Gasteiger partial charge in [0, 0.05) is 5.92 Å². The van der Waals surface area contributed by atoms with Gasteiger partial charge in [0.1, 0.15) is 0 Å². The fourth-order valence-electron chi connectivity index (χ4n) is 1.54. The Morgan fingerprint density at radius 3 is 2.08 bits per heavy atom. The lowest BCUT2D eigenvalue weighted by Crippen LogP contribution is -2.36. The molecular formula is C11H23NO. The molecule has 1 atom stereocenters. The summed E-state index contributed by atoms with van der Waals surface area (Å²) >= 11 is 0. The maximum atomic E-state index is 11.3. The fourth-order valence-corrected chi connectivity index (χ4v) is 1.54. The Balaban J connectivity index is 4.51. The summed E-state index contributed by atoms with van der Waals surface area (Å²) in [6, 6.07) is 0. The van der Waals surface area contributed by atoms with Crippen LogP contribution >= 0.6 is 0 Å². The van der Waals surface area contributed by atoms with Gasteiger partial charge in [-0.15, -0.1) is 0 Å². The molecule has 0 aromatic rings. The second-order valence-electron chi connectivity index (χ2n) is 4.93. The highest BCUT2D eigenvalue weighted by molar-refractivity contribution is 5.77. The molecule has 13 heavy (non-hydrogen) atoms. The monoisotopic (exact) mass is 185 g/mol. The van der Waals surface area contributed by atoms with Gasteiger partial charge in [0.25, 0.3) is 0 Å². The maximum Gasteiger partial charge on any atom is 0.221 e. The predicted octanol–water partition coefficient (Wildman–Crippen LogP) is 2.57. The van der Waals surface area contributed by atoms with Crippen molar-refractivity contribution in [3.8, 4) is 0 Å². The van der Waals surface area contributed by atoms with Gasteiger partial charge < -0.3 is 5.73 Å². The zero-order chi connectivity index (χ0) is 10.6. The zero-order valence-electron chi connectivity index (χ0n) is 9.55. The Kier molecular flexibility index (Phi) is 4.45. The molecule has 0 heterocycles. The van der Waals surface area contributed by atoms with Crippen molar-refractivity contribution in [1.82, 2.24) is 0 Å². The van der Waals surface area contributed by atoms with Crippen molar-refractivity contribution in [1.29, 1.82) is 0 Å². The smallest absolute Gasteiger partial charge is 0.221 e. The lowest BCUT2D eigenvalue weighted by Gasteiger charge is -2.32. The van der Waals surface area contributed by atoms with E-state index < -0.39 is 0 Å². The van der Waals surface area contributed by atoms with E-state index in [1.165, 1.54) is 0 Å². The average molecular weight is 185 g/mol. The van der Waals surface area contributed by atoms with Crippen LogP contribution in [0.15, 0.2) is 0 Å². The summed E-state index contributed by atoms with van der Waals surface area (Å²) in [7, 11) is 0. The van der Waals surface area contributed by atoms with Crippen LogP contribution in [-0.2, 0) is 4.79 Å². The van der Waals surface area contributed by atoms with Crippen molar-refractivity contribution in [3.05, 3.63) is 0 Å². The topological polar surface area (TPSA) is 43.1 Å². The Bertz CT molecular complexity index is 173. The summed E-state index contributed by atoms with van der Waals surface area (Å²) in [6.07, 6.45) is 1.89. The van der Waals surface area contributed by atoms with Crippen LogP contribution in [0.4, 0.5) is 0 Å². The van der Waals surface area contributed by atoms with Crippen LogP contribution in [0.5, 0.6) is 0 Å². The summed E-state index contributed by atoms with van der Waals surface area (Å²) in [5.74, 6) is 0.390. The quantitative estimate of drug-likeness (QED) is 0.703. The summed E-state index contributed by atoms with van der Waals surface area (Å²) in [4.78, 5) is 11.3. The van der Waals surface area contributed by atoms with E-state index in [2.05, 4.69) is 34.6 Å². The van der Waals surface area contributed by atoms with Gasteiger partial charge in [0.2, 0.25) is 5.91 Å². The molecule has 2 N–H and O–H groups in total. The Labute approximate surface area is 81.9 Å². The predicted molar refractivity (Wildman–Crippen MR) is 56.2 cm³/mol. The first-order valence-corrected chi connectivity index (χ1v) is 5.10. The molecule has 2 nitrogen and oxygen atoms in total. The van der Waals surface area contributed by atoms with Crippen LogP contribution in [-0.4, -0.2) is 5.91 Å². The highest BCUT2D eigenvalue weighted by Crippen LogP contribution is 2.34. The van der Waals surface area contributed by atoms with E-state index in [1.54, 1.807) is 0 Å². The summed E-state index contributed by atoms with van der Waals surface area (Å²) in [5.41, 5.74) is 5.45. The van der Waals surface area contributed by atoms with Gasteiger partial charge in [-0.1, -0.05) is 41.0 Å². The zero-order valence-corrected chi connectivity index (χ0v) is 9.55. The standard InChI is InChI=1S/C11H23NO/c1-6-11(4,5)9(10(12)13)7-8(2)3/h8-9H,6-7H2,1-5H3,(H2,12,13). The van der Waals surface area contributed by atoms with E-state index in [0.29, 0.717) is 5.92 Å². The minimum absolute atomic E-state index is 0.0116. The molecule has 0 rings (SSSR count). The Hall–Kier alpha value is -0.530. The molecule has 0 saturated carbocycles. The highest BCUT2D eigenvalue weighted by atomic mass is 16.1. The molecule has 0 saturated heterocycles. The molecule has 0 aliphatic carbocycles.